The lowest BCUT2D eigenvalue weighted by Gasteiger charge is -2.40. The molecule has 1 aliphatic heterocycles. The summed E-state index contributed by atoms with van der Waals surface area (Å²) < 4.78 is 5.34. The van der Waals surface area contributed by atoms with Gasteiger partial charge in [-0.2, -0.15) is 0 Å². The van der Waals surface area contributed by atoms with E-state index in [1.54, 1.807) is 24.9 Å². The van der Waals surface area contributed by atoms with Gasteiger partial charge >= 0.3 is 12.0 Å². The van der Waals surface area contributed by atoms with Crippen LogP contribution in [-0.4, -0.2) is 46.8 Å². The number of urea groups is 1. The van der Waals surface area contributed by atoms with Crippen LogP contribution >= 0.6 is 0 Å². The summed E-state index contributed by atoms with van der Waals surface area (Å²) in [5.41, 5.74) is -0.232. The Morgan fingerprint density at radius 3 is 2.64 bits per heavy atom. The van der Waals surface area contributed by atoms with Crippen LogP contribution in [0.5, 0.6) is 0 Å². The van der Waals surface area contributed by atoms with Crippen molar-refractivity contribution in [3.8, 4) is 0 Å². The second-order valence-electron chi connectivity index (χ2n) is 6.86. The van der Waals surface area contributed by atoms with Gasteiger partial charge in [-0.05, 0) is 13.3 Å². The number of amides is 2. The summed E-state index contributed by atoms with van der Waals surface area (Å²) in [7, 11) is 1.70. The summed E-state index contributed by atoms with van der Waals surface area (Å²) in [6, 6.07) is 1.04. The summed E-state index contributed by atoms with van der Waals surface area (Å²) in [5.74, 6) is -0.566. The van der Waals surface area contributed by atoms with E-state index in [4.69, 9.17) is 4.52 Å². The van der Waals surface area contributed by atoms with Crippen LogP contribution in [-0.2, 0) is 10.2 Å². The highest BCUT2D eigenvalue weighted by Gasteiger charge is 2.40. The Balaban J connectivity index is 2.39. The van der Waals surface area contributed by atoms with Gasteiger partial charge in [-0.1, -0.05) is 25.9 Å². The van der Waals surface area contributed by atoms with Gasteiger partial charge in [-0.3, -0.25) is 9.69 Å². The van der Waals surface area contributed by atoms with Crippen molar-refractivity contribution in [2.45, 2.75) is 45.6 Å². The lowest BCUT2D eigenvalue weighted by atomic mass is 9.93. The number of carbonyl (C=O) groups is 2. The van der Waals surface area contributed by atoms with Crippen LogP contribution < -0.4 is 4.90 Å². The molecule has 0 aromatic carbocycles. The van der Waals surface area contributed by atoms with Crippen molar-refractivity contribution in [3.05, 3.63) is 11.8 Å². The van der Waals surface area contributed by atoms with Crippen LogP contribution in [0.4, 0.5) is 10.6 Å². The quantitative estimate of drug-likeness (QED) is 0.926. The molecule has 2 amide bonds. The highest BCUT2D eigenvalue weighted by Crippen LogP contribution is 2.31. The number of anilines is 1. The maximum absolute atomic E-state index is 12.5. The molecule has 2 atom stereocenters. The van der Waals surface area contributed by atoms with E-state index in [0.29, 0.717) is 24.5 Å². The molecule has 1 saturated heterocycles. The maximum atomic E-state index is 12.5. The number of hydrogen-bond donors (Lipinski definition) is 1. The first-order chi connectivity index (χ1) is 10.1. The lowest BCUT2D eigenvalue weighted by molar-refractivity contribution is -0.141. The van der Waals surface area contributed by atoms with Crippen molar-refractivity contribution >= 4 is 17.8 Å². The van der Waals surface area contributed by atoms with E-state index in [0.717, 1.165) is 0 Å². The summed E-state index contributed by atoms with van der Waals surface area (Å²) in [4.78, 5) is 26.8. The monoisotopic (exact) mass is 309 g/mol. The van der Waals surface area contributed by atoms with E-state index >= 15 is 0 Å². The van der Waals surface area contributed by atoms with Crippen molar-refractivity contribution in [1.29, 1.82) is 0 Å². The van der Waals surface area contributed by atoms with Gasteiger partial charge in [0, 0.05) is 25.1 Å². The zero-order chi connectivity index (χ0) is 16.7. The molecule has 1 N–H and O–H groups in total. The third-order valence-corrected chi connectivity index (χ3v) is 4.07. The van der Waals surface area contributed by atoms with Crippen molar-refractivity contribution in [2.75, 3.05) is 18.5 Å². The maximum Gasteiger partial charge on any atom is 0.325 e. The molecule has 7 nitrogen and oxygen atoms in total. The Morgan fingerprint density at radius 1 is 1.50 bits per heavy atom. The normalized spacial score (nSPS) is 21.1. The summed E-state index contributed by atoms with van der Waals surface area (Å²) >= 11 is 0. The van der Waals surface area contributed by atoms with Crippen molar-refractivity contribution in [1.82, 2.24) is 10.1 Å². The molecule has 22 heavy (non-hydrogen) atoms. The molecule has 2 rings (SSSR count). The lowest BCUT2D eigenvalue weighted by Crippen LogP contribution is -2.56. The first kappa shape index (κ1) is 16.3. The van der Waals surface area contributed by atoms with Crippen LogP contribution in [0.3, 0.4) is 0 Å². The second kappa shape index (κ2) is 5.62. The molecule has 1 aromatic heterocycles. The topological polar surface area (TPSA) is 86.9 Å². The van der Waals surface area contributed by atoms with Gasteiger partial charge < -0.3 is 14.5 Å². The molecule has 0 radical (unpaired) electrons. The number of carboxylic acids is 1. The predicted octanol–water partition coefficient (Wildman–Crippen LogP) is 2.32. The van der Waals surface area contributed by atoms with Gasteiger partial charge in [0.2, 0.25) is 0 Å². The Bertz CT molecular complexity index is 576. The standard InChI is InChI=1S/C15H23N3O4/c1-9(13(19)20)10-6-7-17(5)14(21)18(10)12-8-11(22-16-12)15(2,3)4/h8-10H,6-7H2,1-5H3,(H,19,20). The first-order valence-electron chi connectivity index (χ1n) is 7.37. The van der Waals surface area contributed by atoms with Crippen molar-refractivity contribution < 1.29 is 19.2 Å². The average molecular weight is 309 g/mol. The molecule has 1 fully saturated rings. The molecule has 0 spiro atoms. The van der Waals surface area contributed by atoms with Crippen LogP contribution in [0.15, 0.2) is 10.6 Å². The van der Waals surface area contributed by atoms with E-state index < -0.39 is 17.9 Å². The predicted molar refractivity (Wildman–Crippen MR) is 80.9 cm³/mol. The first-order valence-corrected chi connectivity index (χ1v) is 7.37. The van der Waals surface area contributed by atoms with Crippen LogP contribution in [0.25, 0.3) is 0 Å². The molecule has 0 bridgehead atoms. The van der Waals surface area contributed by atoms with E-state index in [-0.39, 0.29) is 11.4 Å². The molecule has 0 saturated carbocycles. The SMILES string of the molecule is CC(C(=O)O)C1CCN(C)C(=O)N1c1cc(C(C)(C)C)on1. The molecule has 0 aliphatic carbocycles. The van der Waals surface area contributed by atoms with Gasteiger partial charge in [0.15, 0.2) is 5.82 Å². The van der Waals surface area contributed by atoms with Gasteiger partial charge in [0.25, 0.3) is 0 Å². The van der Waals surface area contributed by atoms with E-state index in [2.05, 4.69) is 5.16 Å². The number of carbonyl (C=O) groups excluding carboxylic acids is 1. The largest absolute Gasteiger partial charge is 0.481 e. The number of carboxylic acid groups (broad SMARTS) is 1. The Morgan fingerprint density at radius 2 is 2.14 bits per heavy atom. The van der Waals surface area contributed by atoms with Gasteiger partial charge in [0.1, 0.15) is 5.76 Å². The molecular formula is C15H23N3O4. The molecule has 2 heterocycles. The van der Waals surface area contributed by atoms with Crippen LogP contribution in [0.2, 0.25) is 0 Å². The Labute approximate surface area is 129 Å². The minimum Gasteiger partial charge on any atom is -0.481 e. The number of hydrogen-bond acceptors (Lipinski definition) is 4. The van der Waals surface area contributed by atoms with E-state index in [9.17, 15) is 14.7 Å². The van der Waals surface area contributed by atoms with Gasteiger partial charge in [0.05, 0.1) is 12.0 Å². The summed E-state index contributed by atoms with van der Waals surface area (Å²) in [6.45, 7) is 8.10. The number of rotatable bonds is 3. The summed E-state index contributed by atoms with van der Waals surface area (Å²) in [5, 5.41) is 13.3. The minimum atomic E-state index is -0.924. The highest BCUT2D eigenvalue weighted by atomic mass is 16.5. The molecule has 2 unspecified atom stereocenters. The van der Waals surface area contributed by atoms with E-state index in [1.807, 2.05) is 20.8 Å². The summed E-state index contributed by atoms with van der Waals surface area (Å²) in [6.07, 6.45) is 0.577. The average Bonchev–Trinajstić information content (AvgIpc) is 2.90. The smallest absolute Gasteiger partial charge is 0.325 e. The van der Waals surface area contributed by atoms with Gasteiger partial charge in [-0.15, -0.1) is 0 Å². The number of aliphatic carboxylic acids is 1. The molecule has 122 valence electrons. The van der Waals surface area contributed by atoms with Crippen LogP contribution in [0.1, 0.15) is 39.9 Å². The molecule has 1 aliphatic rings. The van der Waals surface area contributed by atoms with Crippen LogP contribution in [0, 0.1) is 5.92 Å². The highest BCUT2D eigenvalue weighted by molar-refractivity contribution is 5.93. The zero-order valence-corrected chi connectivity index (χ0v) is 13.7. The number of nitrogens with zero attached hydrogens (tertiary/aromatic N) is 3. The fourth-order valence-corrected chi connectivity index (χ4v) is 2.52. The number of aromatic nitrogens is 1. The molecule has 1 aromatic rings. The van der Waals surface area contributed by atoms with Crippen molar-refractivity contribution in [2.24, 2.45) is 5.92 Å². The Hall–Kier alpha value is -2.05. The second-order valence-corrected chi connectivity index (χ2v) is 6.86. The third kappa shape index (κ3) is 2.93. The molecule has 7 heteroatoms. The minimum absolute atomic E-state index is 0.232. The zero-order valence-electron chi connectivity index (χ0n) is 13.7. The fourth-order valence-electron chi connectivity index (χ4n) is 2.52. The molecular weight excluding hydrogens is 286 g/mol. The van der Waals surface area contributed by atoms with Gasteiger partial charge in [-0.25, -0.2) is 4.79 Å². The Kier molecular flexibility index (Phi) is 4.17. The van der Waals surface area contributed by atoms with Crippen molar-refractivity contribution in [3.63, 3.8) is 0 Å². The fraction of sp³-hybridized carbons (Fsp3) is 0.667. The van der Waals surface area contributed by atoms with E-state index in [1.165, 1.54) is 4.90 Å². The third-order valence-electron chi connectivity index (χ3n) is 4.07.